The van der Waals surface area contributed by atoms with Crippen LogP contribution in [0, 0.1) is 12.3 Å². The summed E-state index contributed by atoms with van der Waals surface area (Å²) in [7, 11) is 2.16. The van der Waals surface area contributed by atoms with Crippen molar-refractivity contribution in [2.75, 3.05) is 13.7 Å². The minimum absolute atomic E-state index is 0.293. The van der Waals surface area contributed by atoms with Gasteiger partial charge in [0.2, 0.25) is 0 Å². The van der Waals surface area contributed by atoms with E-state index in [4.69, 9.17) is 11.2 Å². The van der Waals surface area contributed by atoms with E-state index in [0.29, 0.717) is 12.6 Å². The molecule has 2 aromatic rings. The quantitative estimate of drug-likeness (QED) is 0.704. The van der Waals surface area contributed by atoms with Gasteiger partial charge in [0.05, 0.1) is 0 Å². The summed E-state index contributed by atoms with van der Waals surface area (Å²) in [5, 5.41) is 3.53. The van der Waals surface area contributed by atoms with E-state index in [1.54, 1.807) is 0 Å². The molecule has 0 aliphatic rings. The highest BCUT2D eigenvalue weighted by Gasteiger charge is 2.08. The third-order valence-electron chi connectivity index (χ3n) is 4.33. The maximum Gasteiger partial charge on any atom is 0.148 e. The number of ether oxygens (including phenoxy) is 1. The number of hydrogen-bond acceptors (Lipinski definition) is 3. The zero-order valence-electron chi connectivity index (χ0n) is 15.5. The number of nitrogens with one attached hydrogen (secondary N) is 1. The van der Waals surface area contributed by atoms with Crippen LogP contribution in [0.15, 0.2) is 48.5 Å². The number of rotatable bonds is 9. The van der Waals surface area contributed by atoms with E-state index in [2.05, 4.69) is 67.4 Å². The van der Waals surface area contributed by atoms with Crippen LogP contribution in [-0.2, 0) is 19.6 Å². The van der Waals surface area contributed by atoms with Crippen LogP contribution in [0.4, 0.5) is 0 Å². The largest absolute Gasteiger partial charge is 0.481 e. The Bertz CT molecular complexity index is 703. The van der Waals surface area contributed by atoms with Gasteiger partial charge in [-0.25, -0.2) is 0 Å². The van der Waals surface area contributed by atoms with Crippen molar-refractivity contribution in [1.82, 2.24) is 10.2 Å². The second kappa shape index (κ2) is 9.88. The predicted molar refractivity (Wildman–Crippen MR) is 104 cm³/mol. The highest BCUT2D eigenvalue weighted by atomic mass is 16.5. The minimum Gasteiger partial charge on any atom is -0.481 e. The first-order chi connectivity index (χ1) is 12.1. The molecule has 25 heavy (non-hydrogen) atoms. The van der Waals surface area contributed by atoms with Gasteiger partial charge in [0.25, 0.3) is 0 Å². The third-order valence-corrected chi connectivity index (χ3v) is 4.33. The normalized spacial score (nSPS) is 10.9. The van der Waals surface area contributed by atoms with E-state index >= 15 is 0 Å². The Hall–Kier alpha value is -2.28. The molecule has 0 atom stereocenters. The number of hydrogen-bond donors (Lipinski definition) is 1. The highest BCUT2D eigenvalue weighted by Crippen LogP contribution is 2.18. The smallest absolute Gasteiger partial charge is 0.148 e. The van der Waals surface area contributed by atoms with Gasteiger partial charge in [0.15, 0.2) is 0 Å². The summed E-state index contributed by atoms with van der Waals surface area (Å²) in [4.78, 5) is 2.35. The van der Waals surface area contributed by atoms with Crippen molar-refractivity contribution in [2.45, 2.75) is 39.5 Å². The van der Waals surface area contributed by atoms with Crippen LogP contribution in [0.2, 0.25) is 0 Å². The number of nitrogens with zero attached hydrogens (tertiary/aromatic N) is 1. The fourth-order valence-electron chi connectivity index (χ4n) is 2.58. The van der Waals surface area contributed by atoms with Crippen molar-refractivity contribution in [3.8, 4) is 18.1 Å². The lowest BCUT2D eigenvalue weighted by atomic mass is 10.1. The van der Waals surface area contributed by atoms with E-state index < -0.39 is 0 Å². The number of terminal acetylenes is 1. The molecule has 0 radical (unpaired) electrons. The Kier molecular flexibility index (Phi) is 7.53. The van der Waals surface area contributed by atoms with Crippen molar-refractivity contribution >= 4 is 0 Å². The molecule has 2 rings (SSSR count). The predicted octanol–water partition coefficient (Wildman–Crippen LogP) is 3.83. The van der Waals surface area contributed by atoms with Gasteiger partial charge in [-0.05, 0) is 38.1 Å². The maximum atomic E-state index is 5.61. The van der Waals surface area contributed by atoms with Gasteiger partial charge in [-0.3, -0.25) is 4.90 Å². The molecule has 0 saturated carbocycles. The summed E-state index contributed by atoms with van der Waals surface area (Å²) in [6, 6.07) is 17.1. The van der Waals surface area contributed by atoms with E-state index in [0.717, 1.165) is 30.9 Å². The van der Waals surface area contributed by atoms with E-state index in [9.17, 15) is 0 Å². The molecule has 132 valence electrons. The average Bonchev–Trinajstić information content (AvgIpc) is 2.62. The molecule has 3 heteroatoms. The maximum absolute atomic E-state index is 5.61. The van der Waals surface area contributed by atoms with Crippen LogP contribution in [0.3, 0.4) is 0 Å². The van der Waals surface area contributed by atoms with Crippen LogP contribution >= 0.6 is 0 Å². The van der Waals surface area contributed by atoms with Crippen LogP contribution in [0.25, 0.3) is 0 Å². The number of benzene rings is 2. The standard InChI is InChI=1S/C22H28N2O/c1-5-14-25-22-13-9-8-11-20(22)16-23-15-19-10-6-7-12-21(19)17-24(4)18(2)3/h1,6-13,18,23H,14-17H2,2-4H3. The molecule has 0 aromatic heterocycles. The molecule has 0 aliphatic carbocycles. The Morgan fingerprint density at radius 3 is 2.28 bits per heavy atom. The number of para-hydroxylation sites is 1. The van der Waals surface area contributed by atoms with E-state index in [1.807, 2.05) is 18.2 Å². The van der Waals surface area contributed by atoms with Gasteiger partial charge in [0.1, 0.15) is 12.4 Å². The van der Waals surface area contributed by atoms with E-state index in [-0.39, 0.29) is 0 Å². The lowest BCUT2D eigenvalue weighted by Crippen LogP contribution is -2.26. The molecule has 0 amide bonds. The first-order valence-electron chi connectivity index (χ1n) is 8.73. The molecular weight excluding hydrogens is 308 g/mol. The van der Waals surface area contributed by atoms with Crippen molar-refractivity contribution in [1.29, 1.82) is 0 Å². The fraction of sp³-hybridized carbons (Fsp3) is 0.364. The highest BCUT2D eigenvalue weighted by molar-refractivity contribution is 5.34. The Morgan fingerprint density at radius 2 is 1.60 bits per heavy atom. The molecule has 0 aliphatic heterocycles. The first kappa shape index (κ1) is 19.1. The minimum atomic E-state index is 0.293. The summed E-state index contributed by atoms with van der Waals surface area (Å²) in [5.74, 6) is 3.36. The Balaban J connectivity index is 1.98. The summed E-state index contributed by atoms with van der Waals surface area (Å²) < 4.78 is 5.61. The lowest BCUT2D eigenvalue weighted by molar-refractivity contribution is 0.265. The molecule has 0 bridgehead atoms. The first-order valence-corrected chi connectivity index (χ1v) is 8.73. The monoisotopic (exact) mass is 336 g/mol. The van der Waals surface area contributed by atoms with Gasteiger partial charge >= 0.3 is 0 Å². The second-order valence-corrected chi connectivity index (χ2v) is 6.48. The molecule has 0 saturated heterocycles. The molecule has 2 aromatic carbocycles. The average molecular weight is 336 g/mol. The van der Waals surface area contributed by atoms with Gasteiger partial charge in [-0.1, -0.05) is 48.4 Å². The topological polar surface area (TPSA) is 24.5 Å². The van der Waals surface area contributed by atoms with Crippen molar-refractivity contribution in [3.05, 3.63) is 65.2 Å². The Labute approximate surface area is 152 Å². The van der Waals surface area contributed by atoms with Gasteiger partial charge < -0.3 is 10.1 Å². The van der Waals surface area contributed by atoms with Crippen LogP contribution in [0.1, 0.15) is 30.5 Å². The van der Waals surface area contributed by atoms with Crippen molar-refractivity contribution in [2.24, 2.45) is 0 Å². The van der Waals surface area contributed by atoms with Gasteiger partial charge in [-0.2, -0.15) is 0 Å². The molecule has 0 unspecified atom stereocenters. The molecule has 1 N–H and O–H groups in total. The molecular formula is C22H28N2O. The van der Waals surface area contributed by atoms with Gasteiger partial charge in [0, 0.05) is 31.2 Å². The summed E-state index contributed by atoms with van der Waals surface area (Å²) in [6.07, 6.45) is 5.29. The summed E-state index contributed by atoms with van der Waals surface area (Å²) >= 11 is 0. The molecule has 0 spiro atoms. The SMILES string of the molecule is C#CCOc1ccccc1CNCc1ccccc1CN(C)C(C)C. The lowest BCUT2D eigenvalue weighted by Gasteiger charge is -2.22. The van der Waals surface area contributed by atoms with E-state index in [1.165, 1.54) is 11.1 Å². The van der Waals surface area contributed by atoms with Crippen molar-refractivity contribution in [3.63, 3.8) is 0 Å². The Morgan fingerprint density at radius 1 is 1.00 bits per heavy atom. The summed E-state index contributed by atoms with van der Waals surface area (Å²) in [6.45, 7) is 7.25. The zero-order valence-corrected chi connectivity index (χ0v) is 15.5. The zero-order chi connectivity index (χ0) is 18.1. The second-order valence-electron chi connectivity index (χ2n) is 6.48. The van der Waals surface area contributed by atoms with Crippen LogP contribution < -0.4 is 10.1 Å². The van der Waals surface area contributed by atoms with Crippen LogP contribution in [-0.4, -0.2) is 24.6 Å². The molecule has 0 fully saturated rings. The summed E-state index contributed by atoms with van der Waals surface area (Å²) in [5.41, 5.74) is 3.81. The third kappa shape index (κ3) is 5.94. The van der Waals surface area contributed by atoms with Crippen molar-refractivity contribution < 1.29 is 4.74 Å². The van der Waals surface area contributed by atoms with Crippen LogP contribution in [0.5, 0.6) is 5.75 Å². The molecule has 3 nitrogen and oxygen atoms in total. The van der Waals surface area contributed by atoms with Gasteiger partial charge in [-0.15, -0.1) is 6.42 Å². The fourth-order valence-corrected chi connectivity index (χ4v) is 2.58. The molecule has 0 heterocycles.